The molecule has 0 amide bonds. The normalized spacial score (nSPS) is 10.8. The topological polar surface area (TPSA) is 101 Å². The van der Waals surface area contributed by atoms with Crippen molar-refractivity contribution in [3.63, 3.8) is 0 Å². The molecule has 3 rings (SSSR count). The van der Waals surface area contributed by atoms with E-state index in [1.807, 2.05) is 60.7 Å². The molecule has 0 heterocycles. The van der Waals surface area contributed by atoms with Crippen LogP contribution in [0.15, 0.2) is 77.9 Å². The Kier molecular flexibility index (Phi) is 6.18. The molecule has 0 saturated carbocycles. The number of benzene rings is 3. The molecule has 0 atom stereocenters. The van der Waals surface area contributed by atoms with Gasteiger partial charge >= 0.3 is 0 Å². The summed E-state index contributed by atoms with van der Waals surface area (Å²) < 4.78 is 5.20. The van der Waals surface area contributed by atoms with E-state index in [1.165, 1.54) is 18.2 Å². The van der Waals surface area contributed by atoms with E-state index in [0.29, 0.717) is 12.1 Å². The van der Waals surface area contributed by atoms with Gasteiger partial charge in [-0.2, -0.15) is 10.4 Å². The number of rotatable bonds is 7. The van der Waals surface area contributed by atoms with Crippen molar-refractivity contribution in [1.82, 2.24) is 0 Å². The number of hydrogen-bond donors (Lipinski definition) is 1. The fraction of sp³-hybridized carbons (Fsp3) is 0.0909. The van der Waals surface area contributed by atoms with E-state index >= 15 is 0 Å². The van der Waals surface area contributed by atoms with Crippen molar-refractivity contribution in [3.8, 4) is 11.8 Å². The molecular formula is C22H18N4O3. The van der Waals surface area contributed by atoms with Gasteiger partial charge in [0, 0.05) is 12.5 Å². The predicted octanol–water partition coefficient (Wildman–Crippen LogP) is 4.53. The first-order valence-corrected chi connectivity index (χ1v) is 8.80. The lowest BCUT2D eigenvalue weighted by Crippen LogP contribution is -2.09. The summed E-state index contributed by atoms with van der Waals surface area (Å²) in [5, 5.41) is 24.8. The number of nitro benzene ring substituents is 1. The largest absolute Gasteiger partial charge is 0.497 e. The maximum Gasteiger partial charge on any atom is 0.295 e. The summed E-state index contributed by atoms with van der Waals surface area (Å²) >= 11 is 0. The number of methoxy groups -OCH3 is 1. The predicted molar refractivity (Wildman–Crippen MR) is 111 cm³/mol. The Morgan fingerprint density at radius 2 is 1.86 bits per heavy atom. The number of hydrogen-bond acceptors (Lipinski definition) is 6. The van der Waals surface area contributed by atoms with Crippen LogP contribution in [0.2, 0.25) is 0 Å². The molecule has 0 spiro atoms. The van der Waals surface area contributed by atoms with E-state index in [1.54, 1.807) is 7.11 Å². The minimum Gasteiger partial charge on any atom is -0.497 e. The number of hydrazone groups is 1. The molecule has 29 heavy (non-hydrogen) atoms. The third kappa shape index (κ3) is 4.96. The van der Waals surface area contributed by atoms with Gasteiger partial charge in [-0.05, 0) is 47.5 Å². The summed E-state index contributed by atoms with van der Waals surface area (Å²) in [5.41, 5.74) is 5.64. The first-order chi connectivity index (χ1) is 14.1. The molecule has 0 aromatic heterocycles. The minimum absolute atomic E-state index is 0.207. The lowest BCUT2D eigenvalue weighted by molar-refractivity contribution is -0.384. The summed E-state index contributed by atoms with van der Waals surface area (Å²) in [5.74, 6) is 0.725. The second-order valence-electron chi connectivity index (χ2n) is 6.16. The molecule has 0 fully saturated rings. The Labute approximate surface area is 168 Å². The number of nitrogens with one attached hydrogen (secondary N) is 1. The molecule has 0 bridgehead atoms. The van der Waals surface area contributed by atoms with Crippen molar-refractivity contribution < 1.29 is 9.66 Å². The molecule has 0 saturated heterocycles. The number of ether oxygens (including phenoxy) is 1. The number of nitro groups is 1. The van der Waals surface area contributed by atoms with Gasteiger partial charge in [-0.3, -0.25) is 15.5 Å². The summed E-state index contributed by atoms with van der Waals surface area (Å²) in [6, 6.07) is 23.4. The highest BCUT2D eigenvalue weighted by molar-refractivity contribution is 6.02. The minimum atomic E-state index is -0.539. The highest BCUT2D eigenvalue weighted by atomic mass is 16.6. The van der Waals surface area contributed by atoms with E-state index in [2.05, 4.69) is 10.5 Å². The van der Waals surface area contributed by atoms with Crippen molar-refractivity contribution in [1.29, 1.82) is 5.26 Å². The molecule has 0 aliphatic carbocycles. The van der Waals surface area contributed by atoms with Crippen LogP contribution in [-0.2, 0) is 6.42 Å². The van der Waals surface area contributed by atoms with Crippen LogP contribution in [0.1, 0.15) is 16.7 Å². The summed E-state index contributed by atoms with van der Waals surface area (Å²) in [7, 11) is 1.60. The lowest BCUT2D eigenvalue weighted by Gasteiger charge is -2.10. The second-order valence-corrected chi connectivity index (χ2v) is 6.16. The van der Waals surface area contributed by atoms with Gasteiger partial charge < -0.3 is 4.74 Å². The zero-order chi connectivity index (χ0) is 20.6. The lowest BCUT2D eigenvalue weighted by atomic mass is 10.0. The molecule has 144 valence electrons. The van der Waals surface area contributed by atoms with Crippen LogP contribution in [0.4, 0.5) is 11.4 Å². The van der Waals surface area contributed by atoms with E-state index in [9.17, 15) is 10.1 Å². The van der Waals surface area contributed by atoms with E-state index in [0.717, 1.165) is 16.9 Å². The van der Waals surface area contributed by atoms with Crippen LogP contribution in [0.25, 0.3) is 0 Å². The monoisotopic (exact) mass is 386 g/mol. The molecule has 3 aromatic carbocycles. The molecule has 0 radical (unpaired) electrons. The van der Waals surface area contributed by atoms with Gasteiger partial charge in [0.1, 0.15) is 11.4 Å². The number of anilines is 1. The quantitative estimate of drug-likeness (QED) is 0.365. The van der Waals surface area contributed by atoms with Gasteiger partial charge in [0.15, 0.2) is 0 Å². The smallest absolute Gasteiger partial charge is 0.295 e. The van der Waals surface area contributed by atoms with Crippen LogP contribution in [0.5, 0.6) is 5.75 Å². The average molecular weight is 386 g/mol. The molecule has 1 N–H and O–H groups in total. The summed E-state index contributed by atoms with van der Waals surface area (Å²) in [6.07, 6.45) is 0.532. The van der Waals surface area contributed by atoms with Gasteiger partial charge in [0.05, 0.1) is 29.4 Å². The van der Waals surface area contributed by atoms with Crippen molar-refractivity contribution in [2.75, 3.05) is 12.5 Å². The molecule has 0 aliphatic heterocycles. The summed E-state index contributed by atoms with van der Waals surface area (Å²) in [6.45, 7) is 0. The third-order valence-electron chi connectivity index (χ3n) is 4.27. The van der Waals surface area contributed by atoms with Crippen molar-refractivity contribution in [3.05, 3.63) is 99.6 Å². The molecule has 3 aromatic rings. The average Bonchev–Trinajstić information content (AvgIpc) is 2.77. The zero-order valence-corrected chi connectivity index (χ0v) is 15.7. The van der Waals surface area contributed by atoms with Crippen LogP contribution >= 0.6 is 0 Å². The zero-order valence-electron chi connectivity index (χ0n) is 15.7. The Hall–Kier alpha value is -4.18. The second kappa shape index (κ2) is 9.15. The Balaban J connectivity index is 1.96. The maximum atomic E-state index is 11.4. The molecule has 7 heteroatoms. The van der Waals surface area contributed by atoms with E-state index < -0.39 is 4.92 Å². The van der Waals surface area contributed by atoms with E-state index in [4.69, 9.17) is 10.00 Å². The highest BCUT2D eigenvalue weighted by Gasteiger charge is 2.15. The standard InChI is InChI=1S/C22H18N4O3/c1-29-19-10-8-18(9-11-19)21(13-16-5-3-2-4-6-16)25-24-20-12-7-17(15-23)14-22(20)26(27)28/h2-12,14,24H,13H2,1H3/b25-21-. The number of nitriles is 1. The van der Waals surface area contributed by atoms with Crippen LogP contribution < -0.4 is 10.2 Å². The molecule has 7 nitrogen and oxygen atoms in total. The molecule has 0 aliphatic rings. The molecule has 0 unspecified atom stereocenters. The molecular weight excluding hydrogens is 368 g/mol. The van der Waals surface area contributed by atoms with Crippen LogP contribution in [-0.4, -0.2) is 17.7 Å². The van der Waals surface area contributed by atoms with Gasteiger partial charge in [0.2, 0.25) is 0 Å². The highest BCUT2D eigenvalue weighted by Crippen LogP contribution is 2.25. The first-order valence-electron chi connectivity index (χ1n) is 8.80. The van der Waals surface area contributed by atoms with Crippen molar-refractivity contribution in [2.45, 2.75) is 6.42 Å². The van der Waals surface area contributed by atoms with Gasteiger partial charge in [-0.15, -0.1) is 0 Å². The Morgan fingerprint density at radius 1 is 1.14 bits per heavy atom. The van der Waals surface area contributed by atoms with Gasteiger partial charge in [-0.1, -0.05) is 30.3 Å². The first kappa shape index (κ1) is 19.6. The summed E-state index contributed by atoms with van der Waals surface area (Å²) in [4.78, 5) is 10.8. The van der Waals surface area contributed by atoms with Gasteiger partial charge in [-0.25, -0.2) is 0 Å². The van der Waals surface area contributed by atoms with Crippen molar-refractivity contribution in [2.24, 2.45) is 5.10 Å². The fourth-order valence-electron chi connectivity index (χ4n) is 2.75. The number of nitrogens with zero attached hydrogens (tertiary/aromatic N) is 3. The van der Waals surface area contributed by atoms with Gasteiger partial charge in [0.25, 0.3) is 5.69 Å². The SMILES string of the molecule is COc1ccc(/C(Cc2ccccc2)=N\Nc2ccc(C#N)cc2[N+](=O)[O-])cc1. The maximum absolute atomic E-state index is 11.4. The van der Waals surface area contributed by atoms with Crippen LogP contribution in [0.3, 0.4) is 0 Å². The fourth-order valence-corrected chi connectivity index (χ4v) is 2.75. The Morgan fingerprint density at radius 3 is 2.48 bits per heavy atom. The third-order valence-corrected chi connectivity index (χ3v) is 4.27. The van der Waals surface area contributed by atoms with Crippen molar-refractivity contribution >= 4 is 17.1 Å². The Bertz CT molecular complexity index is 1070. The van der Waals surface area contributed by atoms with E-state index in [-0.39, 0.29) is 16.9 Å². The van der Waals surface area contributed by atoms with Crippen LogP contribution in [0, 0.1) is 21.4 Å².